The number of hydrogen-bond donors (Lipinski definition) is 3. The van der Waals surface area contributed by atoms with Crippen LogP contribution in [0.1, 0.15) is 48.9 Å². The number of carbonyl (C=O) groups is 2. The summed E-state index contributed by atoms with van der Waals surface area (Å²) < 4.78 is 29.8. The van der Waals surface area contributed by atoms with Gasteiger partial charge < -0.3 is 25.4 Å². The van der Waals surface area contributed by atoms with E-state index < -0.39 is 17.6 Å². The number of ether oxygens (including phenoxy) is 1. The van der Waals surface area contributed by atoms with Crippen LogP contribution in [0.4, 0.5) is 26.0 Å². The number of benzene rings is 1. The highest BCUT2D eigenvalue weighted by molar-refractivity contribution is 6.20. The van der Waals surface area contributed by atoms with Crippen molar-refractivity contribution >= 4 is 40.6 Å². The van der Waals surface area contributed by atoms with Crippen LogP contribution >= 0.6 is 11.6 Å². The number of alkyl halides is 3. The number of nitrogens with one attached hydrogen (secondary N) is 2. The fourth-order valence-corrected chi connectivity index (χ4v) is 4.49. The van der Waals surface area contributed by atoms with Crippen LogP contribution in [-0.4, -0.2) is 46.7 Å². The lowest BCUT2D eigenvalue weighted by atomic mass is 9.88. The number of aromatic nitrogens is 1. The quantitative estimate of drug-likeness (QED) is 0.473. The second-order valence-corrected chi connectivity index (χ2v) is 9.27. The van der Waals surface area contributed by atoms with Crippen molar-refractivity contribution in [3.05, 3.63) is 42.1 Å². The number of β-amino-alcohol motifs (C(OH)–C–C–N with tert-alkyl or cyclic N) is 1. The number of carbonyl (C=O) groups excluding carboxylic acids is 2. The third-order valence-electron chi connectivity index (χ3n) is 6.17. The maximum atomic E-state index is 12.9. The average molecular weight is 509 g/mol. The zero-order valence-corrected chi connectivity index (χ0v) is 19.7. The van der Waals surface area contributed by atoms with Gasteiger partial charge in [0.1, 0.15) is 5.75 Å². The maximum Gasteiger partial charge on any atom is 0.487 e. The van der Waals surface area contributed by atoms with Gasteiger partial charge in [0.2, 0.25) is 5.91 Å². The van der Waals surface area contributed by atoms with E-state index in [-0.39, 0.29) is 23.1 Å². The second-order valence-electron chi connectivity index (χ2n) is 8.83. The maximum absolute atomic E-state index is 12.9. The zero-order valence-electron chi connectivity index (χ0n) is 19.0. The average Bonchev–Trinajstić information content (AvgIpc) is 3.26. The number of aliphatic hydroxyl groups excluding tert-OH is 1. The predicted molar refractivity (Wildman–Crippen MR) is 128 cm³/mol. The minimum absolute atomic E-state index is 0.0839. The van der Waals surface area contributed by atoms with Gasteiger partial charge >= 0.3 is 5.57 Å². The standard InChI is InChI=1S/C24H27ClF2N4O4/c25-24(26,27)35-19-8-6-17(7-9-19)29-23(34)16-12-20(30-22(33)15-4-2-1-3-5-15)21(28-13-16)31-11-10-18(32)14-31/h6-9,12-13,15,18,32H,1-5,10-11,14H2,(H,29,34)(H,30,33)/t18-/m1/s1. The smallest absolute Gasteiger partial charge is 0.420 e. The lowest BCUT2D eigenvalue weighted by molar-refractivity contribution is -0.120. The molecule has 3 N–H and O–H groups in total. The molecule has 1 aliphatic carbocycles. The first-order valence-electron chi connectivity index (χ1n) is 11.6. The third kappa shape index (κ3) is 6.79. The summed E-state index contributed by atoms with van der Waals surface area (Å²) in [5.41, 5.74) is -2.86. The van der Waals surface area contributed by atoms with Crippen LogP contribution in [0.5, 0.6) is 5.75 Å². The van der Waals surface area contributed by atoms with E-state index in [1.807, 2.05) is 4.90 Å². The molecule has 1 aromatic heterocycles. The molecule has 1 atom stereocenters. The summed E-state index contributed by atoms with van der Waals surface area (Å²) in [6.07, 6.45) is 6.31. The van der Waals surface area contributed by atoms with Crippen molar-refractivity contribution in [1.29, 1.82) is 0 Å². The van der Waals surface area contributed by atoms with E-state index in [1.165, 1.54) is 30.5 Å². The largest absolute Gasteiger partial charge is 0.487 e. The Bertz CT molecular complexity index is 1060. The summed E-state index contributed by atoms with van der Waals surface area (Å²) >= 11 is 4.76. The summed E-state index contributed by atoms with van der Waals surface area (Å²) in [5, 5.41) is 15.6. The molecule has 2 amide bonds. The summed E-state index contributed by atoms with van der Waals surface area (Å²) in [6.45, 7) is 0.975. The van der Waals surface area contributed by atoms with Gasteiger partial charge in [0.25, 0.3) is 5.91 Å². The van der Waals surface area contributed by atoms with E-state index in [1.54, 1.807) is 6.07 Å². The monoisotopic (exact) mass is 508 g/mol. The molecular weight excluding hydrogens is 482 g/mol. The molecule has 2 heterocycles. The Kier molecular flexibility index (Phi) is 7.71. The number of aliphatic hydroxyl groups is 1. The summed E-state index contributed by atoms with van der Waals surface area (Å²) in [4.78, 5) is 32.1. The highest BCUT2D eigenvalue weighted by Crippen LogP contribution is 2.31. The lowest BCUT2D eigenvalue weighted by Crippen LogP contribution is -2.28. The first-order chi connectivity index (χ1) is 16.7. The Morgan fingerprint density at radius 2 is 1.83 bits per heavy atom. The van der Waals surface area contributed by atoms with Gasteiger partial charge in [-0.2, -0.15) is 0 Å². The van der Waals surface area contributed by atoms with Gasteiger partial charge in [-0.25, -0.2) is 4.98 Å². The van der Waals surface area contributed by atoms with Crippen LogP contribution in [0.3, 0.4) is 0 Å². The van der Waals surface area contributed by atoms with Gasteiger partial charge in [-0.3, -0.25) is 9.59 Å². The van der Waals surface area contributed by atoms with E-state index in [4.69, 9.17) is 11.6 Å². The molecule has 0 spiro atoms. The van der Waals surface area contributed by atoms with Crippen LogP contribution in [-0.2, 0) is 4.79 Å². The van der Waals surface area contributed by atoms with E-state index in [2.05, 4.69) is 20.4 Å². The number of pyridine rings is 1. The summed E-state index contributed by atoms with van der Waals surface area (Å²) in [7, 11) is 0. The molecule has 35 heavy (non-hydrogen) atoms. The topological polar surface area (TPSA) is 104 Å². The van der Waals surface area contributed by atoms with Crippen LogP contribution in [0.2, 0.25) is 0 Å². The molecule has 0 radical (unpaired) electrons. The molecule has 0 bridgehead atoms. The number of rotatable bonds is 7. The highest BCUT2D eigenvalue weighted by Gasteiger charge is 2.28. The fraction of sp³-hybridized carbons (Fsp3) is 0.458. The molecule has 11 heteroatoms. The number of nitrogens with zero attached hydrogens (tertiary/aromatic N) is 2. The van der Waals surface area contributed by atoms with Crippen molar-refractivity contribution in [2.24, 2.45) is 5.92 Å². The molecule has 1 saturated carbocycles. The molecule has 1 saturated heterocycles. The molecule has 188 valence electrons. The highest BCUT2D eigenvalue weighted by atomic mass is 35.5. The SMILES string of the molecule is O=C(Nc1ccc(OC(F)(F)Cl)cc1)c1cnc(N2CC[C@@H](O)C2)c(NC(=O)C2CCCCC2)c1. The molecule has 1 aromatic carbocycles. The Morgan fingerprint density at radius 3 is 2.46 bits per heavy atom. The molecule has 2 aliphatic rings. The van der Waals surface area contributed by atoms with E-state index in [0.717, 1.165) is 32.1 Å². The normalized spacial score (nSPS) is 18.9. The number of amides is 2. The molecule has 4 rings (SSSR count). The van der Waals surface area contributed by atoms with Crippen LogP contribution in [0, 0.1) is 5.92 Å². The molecule has 0 unspecified atom stereocenters. The minimum Gasteiger partial charge on any atom is -0.420 e. The molecule has 1 aliphatic heterocycles. The fourth-order valence-electron chi connectivity index (χ4n) is 4.40. The molecular formula is C24H27ClF2N4O4. The van der Waals surface area contributed by atoms with Crippen molar-refractivity contribution in [1.82, 2.24) is 4.98 Å². The Labute approximate surface area is 206 Å². The summed E-state index contributed by atoms with van der Waals surface area (Å²) in [5.74, 6) is -0.327. The summed E-state index contributed by atoms with van der Waals surface area (Å²) in [6, 6.07) is 6.86. The molecule has 2 aromatic rings. The second kappa shape index (κ2) is 10.7. The predicted octanol–water partition coefficient (Wildman–Crippen LogP) is 4.59. The van der Waals surface area contributed by atoms with Gasteiger partial charge in [0.15, 0.2) is 5.82 Å². The van der Waals surface area contributed by atoms with Crippen molar-refractivity contribution in [2.75, 3.05) is 28.6 Å². The van der Waals surface area contributed by atoms with Crippen molar-refractivity contribution in [3.8, 4) is 5.75 Å². The van der Waals surface area contributed by atoms with Gasteiger partial charge in [-0.05, 0) is 49.6 Å². The Hall–Kier alpha value is -2.98. The Balaban J connectivity index is 1.51. The van der Waals surface area contributed by atoms with E-state index in [0.29, 0.717) is 36.7 Å². The first-order valence-corrected chi connectivity index (χ1v) is 12.0. The van der Waals surface area contributed by atoms with Gasteiger partial charge in [0.05, 0.1) is 17.4 Å². The van der Waals surface area contributed by atoms with Gasteiger partial charge in [0, 0.05) is 42.5 Å². The minimum atomic E-state index is -3.83. The third-order valence-corrected chi connectivity index (χ3v) is 6.25. The van der Waals surface area contributed by atoms with Crippen molar-refractivity contribution < 1.29 is 28.2 Å². The number of halogens is 3. The number of anilines is 3. The van der Waals surface area contributed by atoms with Crippen LogP contribution in [0.15, 0.2) is 36.5 Å². The van der Waals surface area contributed by atoms with Crippen LogP contribution < -0.4 is 20.3 Å². The first kappa shape index (κ1) is 25.1. The van der Waals surface area contributed by atoms with Crippen LogP contribution in [0.25, 0.3) is 0 Å². The molecule has 2 fully saturated rings. The lowest BCUT2D eigenvalue weighted by Gasteiger charge is -2.24. The number of hydrogen-bond acceptors (Lipinski definition) is 6. The van der Waals surface area contributed by atoms with Gasteiger partial charge in [-0.15, -0.1) is 8.78 Å². The van der Waals surface area contributed by atoms with Crippen molar-refractivity contribution in [3.63, 3.8) is 0 Å². The van der Waals surface area contributed by atoms with Crippen molar-refractivity contribution in [2.45, 2.75) is 50.2 Å². The van der Waals surface area contributed by atoms with Gasteiger partial charge in [-0.1, -0.05) is 19.3 Å². The molecule has 8 nitrogen and oxygen atoms in total. The van der Waals surface area contributed by atoms with E-state index >= 15 is 0 Å². The zero-order chi connectivity index (χ0) is 25.0. The van der Waals surface area contributed by atoms with E-state index in [9.17, 15) is 23.5 Å². The Morgan fingerprint density at radius 1 is 1.11 bits per heavy atom.